The van der Waals surface area contributed by atoms with E-state index in [4.69, 9.17) is 4.98 Å². The average Bonchev–Trinajstić information content (AvgIpc) is 3.47. The molecule has 1 atom stereocenters. The second-order valence-corrected chi connectivity index (χ2v) is 11.7. The Morgan fingerprint density at radius 2 is 1.86 bits per heavy atom. The monoisotopic (exact) mass is 568 g/mol. The van der Waals surface area contributed by atoms with E-state index in [2.05, 4.69) is 52.3 Å². The number of rotatable bonds is 6. The van der Waals surface area contributed by atoms with Crippen LogP contribution < -0.4 is 20.0 Å². The molecule has 2 saturated heterocycles. The Morgan fingerprint density at radius 1 is 1.05 bits per heavy atom. The van der Waals surface area contributed by atoms with Gasteiger partial charge in [-0.2, -0.15) is 4.98 Å². The number of fused-ring (bicyclic) bond motifs is 1. The van der Waals surface area contributed by atoms with Crippen molar-refractivity contribution in [1.29, 1.82) is 0 Å². The molecule has 3 aromatic rings. The number of aryl methyl sites for hydroxylation is 2. The molecular weight excluding hydrogens is 528 g/mol. The van der Waals surface area contributed by atoms with E-state index in [9.17, 15) is 9.59 Å². The van der Waals surface area contributed by atoms with Gasteiger partial charge in [-0.3, -0.25) is 14.6 Å². The molecule has 0 unspecified atom stereocenters. The van der Waals surface area contributed by atoms with Gasteiger partial charge in [0.2, 0.25) is 11.9 Å². The molecule has 42 heavy (non-hydrogen) atoms. The van der Waals surface area contributed by atoms with Gasteiger partial charge in [0.15, 0.2) is 0 Å². The Balaban J connectivity index is 1.29. The second kappa shape index (κ2) is 11.6. The third kappa shape index (κ3) is 5.51. The van der Waals surface area contributed by atoms with E-state index in [1.807, 2.05) is 49.2 Å². The van der Waals surface area contributed by atoms with E-state index < -0.39 is 0 Å². The number of aromatic nitrogens is 2. The minimum Gasteiger partial charge on any atom is -0.369 e. The molecule has 10 nitrogen and oxygen atoms in total. The molecule has 0 aliphatic carbocycles. The molecule has 220 valence electrons. The van der Waals surface area contributed by atoms with Crippen LogP contribution >= 0.6 is 0 Å². The SMILES string of the molecule is CCC(=O)N1CC[C@H](N2C(=O)N(c3cccc(C)c3)Cc3cnc(Nc4ccc(N5CCN(C)CC5)c(C)c4)nc32)C1. The number of hydrogen-bond donors (Lipinski definition) is 1. The molecule has 3 amide bonds. The first-order chi connectivity index (χ1) is 20.3. The Morgan fingerprint density at radius 3 is 2.60 bits per heavy atom. The molecule has 0 saturated carbocycles. The Labute approximate surface area is 247 Å². The molecule has 3 aliphatic rings. The lowest BCUT2D eigenvalue weighted by Gasteiger charge is -2.39. The number of amides is 3. The van der Waals surface area contributed by atoms with E-state index in [0.29, 0.717) is 44.2 Å². The summed E-state index contributed by atoms with van der Waals surface area (Å²) in [5.41, 5.74) is 6.15. The van der Waals surface area contributed by atoms with Crippen LogP contribution in [0.4, 0.5) is 33.6 Å². The maximum Gasteiger partial charge on any atom is 0.330 e. The van der Waals surface area contributed by atoms with Gasteiger partial charge in [-0.05, 0) is 68.8 Å². The molecule has 0 spiro atoms. The highest BCUT2D eigenvalue weighted by molar-refractivity contribution is 6.06. The van der Waals surface area contributed by atoms with E-state index in [-0.39, 0.29) is 18.0 Å². The van der Waals surface area contributed by atoms with Crippen molar-refractivity contribution < 1.29 is 9.59 Å². The first kappa shape index (κ1) is 28.0. The van der Waals surface area contributed by atoms with Gasteiger partial charge in [0.25, 0.3) is 0 Å². The number of benzene rings is 2. The maximum atomic E-state index is 14.1. The highest BCUT2D eigenvalue weighted by atomic mass is 16.2. The van der Waals surface area contributed by atoms with Crippen LogP contribution in [-0.2, 0) is 11.3 Å². The van der Waals surface area contributed by atoms with Crippen molar-refractivity contribution >= 4 is 40.8 Å². The number of likely N-dealkylation sites (N-methyl/N-ethyl adjacent to an activating group) is 1. The molecule has 3 aliphatic heterocycles. The van der Waals surface area contributed by atoms with Crippen LogP contribution in [0.3, 0.4) is 0 Å². The third-order valence-corrected chi connectivity index (χ3v) is 8.63. The molecular formula is C32H40N8O2. The molecule has 2 fully saturated rings. The number of piperazine rings is 1. The van der Waals surface area contributed by atoms with Crippen molar-refractivity contribution in [3.63, 3.8) is 0 Å². The summed E-state index contributed by atoms with van der Waals surface area (Å²) in [5.74, 6) is 1.17. The van der Waals surface area contributed by atoms with E-state index in [0.717, 1.165) is 48.7 Å². The molecule has 1 N–H and O–H groups in total. The number of likely N-dealkylation sites (tertiary alicyclic amines) is 1. The summed E-state index contributed by atoms with van der Waals surface area (Å²) in [4.78, 5) is 46.4. The molecule has 6 rings (SSSR count). The van der Waals surface area contributed by atoms with Crippen LogP contribution in [0.5, 0.6) is 0 Å². The first-order valence-corrected chi connectivity index (χ1v) is 14.9. The van der Waals surface area contributed by atoms with Gasteiger partial charge in [-0.15, -0.1) is 0 Å². The highest BCUT2D eigenvalue weighted by Gasteiger charge is 2.41. The minimum absolute atomic E-state index is 0.109. The van der Waals surface area contributed by atoms with E-state index in [1.54, 1.807) is 9.80 Å². The quantitative estimate of drug-likeness (QED) is 0.467. The summed E-state index contributed by atoms with van der Waals surface area (Å²) in [5, 5.41) is 3.38. The van der Waals surface area contributed by atoms with Gasteiger partial charge >= 0.3 is 6.03 Å². The molecule has 0 radical (unpaired) electrons. The second-order valence-electron chi connectivity index (χ2n) is 11.7. The van der Waals surface area contributed by atoms with Gasteiger partial charge in [-0.25, -0.2) is 9.78 Å². The average molecular weight is 569 g/mol. The standard InChI is InChI=1S/C32H40N8O2/c1-5-29(41)38-12-11-27(21-38)40-30-24(20-39(32(40)42)26-8-6-7-22(2)17-26)19-33-31(35-30)34-25-9-10-28(23(3)18-25)37-15-13-36(4)14-16-37/h6-10,17-19,27H,5,11-16,20-21H2,1-4H3,(H,33,34,35)/t27-/m0/s1. The van der Waals surface area contributed by atoms with E-state index >= 15 is 0 Å². The van der Waals surface area contributed by atoms with Crippen molar-refractivity contribution in [2.45, 2.75) is 46.2 Å². The topological polar surface area (TPSA) is 88.1 Å². The van der Waals surface area contributed by atoms with Crippen molar-refractivity contribution in [2.75, 3.05) is 66.3 Å². The molecule has 10 heteroatoms. The van der Waals surface area contributed by atoms with Gasteiger partial charge < -0.3 is 20.0 Å². The van der Waals surface area contributed by atoms with Crippen LogP contribution in [0.15, 0.2) is 48.7 Å². The van der Waals surface area contributed by atoms with Crippen molar-refractivity contribution in [3.05, 3.63) is 65.4 Å². The predicted octanol–water partition coefficient (Wildman–Crippen LogP) is 4.55. The number of nitrogens with one attached hydrogen (secondary N) is 1. The first-order valence-electron chi connectivity index (χ1n) is 14.9. The van der Waals surface area contributed by atoms with Crippen molar-refractivity contribution in [3.8, 4) is 0 Å². The van der Waals surface area contributed by atoms with Crippen molar-refractivity contribution in [2.24, 2.45) is 0 Å². The lowest BCUT2D eigenvalue weighted by atomic mass is 10.1. The van der Waals surface area contributed by atoms with Crippen LogP contribution in [0.2, 0.25) is 0 Å². The van der Waals surface area contributed by atoms with Gasteiger partial charge in [0.05, 0.1) is 12.6 Å². The van der Waals surface area contributed by atoms with Crippen LogP contribution in [0.1, 0.15) is 36.5 Å². The largest absolute Gasteiger partial charge is 0.369 e. The third-order valence-electron chi connectivity index (χ3n) is 8.63. The zero-order valence-electron chi connectivity index (χ0n) is 25.0. The summed E-state index contributed by atoms with van der Waals surface area (Å²) in [6, 6.07) is 14.0. The zero-order valence-corrected chi connectivity index (χ0v) is 25.0. The molecule has 0 bridgehead atoms. The molecule has 2 aromatic carbocycles. The molecule has 4 heterocycles. The lowest BCUT2D eigenvalue weighted by molar-refractivity contribution is -0.129. The van der Waals surface area contributed by atoms with Crippen LogP contribution in [0, 0.1) is 13.8 Å². The fraction of sp³-hybridized carbons (Fsp3) is 0.438. The number of anilines is 5. The predicted molar refractivity (Wildman–Crippen MR) is 167 cm³/mol. The summed E-state index contributed by atoms with van der Waals surface area (Å²) in [6.07, 6.45) is 2.98. The normalized spacial score (nSPS) is 19.3. The zero-order chi connectivity index (χ0) is 29.4. The minimum atomic E-state index is -0.160. The number of hydrogen-bond acceptors (Lipinski definition) is 7. The summed E-state index contributed by atoms with van der Waals surface area (Å²) in [6.45, 7) is 11.7. The van der Waals surface area contributed by atoms with Crippen LogP contribution in [0.25, 0.3) is 0 Å². The Kier molecular flexibility index (Phi) is 7.72. The van der Waals surface area contributed by atoms with Gasteiger partial charge in [-0.1, -0.05) is 19.1 Å². The van der Waals surface area contributed by atoms with Crippen molar-refractivity contribution in [1.82, 2.24) is 19.8 Å². The smallest absolute Gasteiger partial charge is 0.330 e. The highest BCUT2D eigenvalue weighted by Crippen LogP contribution is 2.35. The molecule has 1 aromatic heterocycles. The summed E-state index contributed by atoms with van der Waals surface area (Å²) in [7, 11) is 2.16. The summed E-state index contributed by atoms with van der Waals surface area (Å²) < 4.78 is 0. The number of urea groups is 1. The Bertz CT molecular complexity index is 1490. The van der Waals surface area contributed by atoms with Crippen LogP contribution in [-0.4, -0.2) is 84.1 Å². The fourth-order valence-electron chi connectivity index (χ4n) is 6.23. The van der Waals surface area contributed by atoms with Gasteiger partial charge in [0, 0.05) is 74.5 Å². The lowest BCUT2D eigenvalue weighted by Crippen LogP contribution is -2.53. The van der Waals surface area contributed by atoms with Gasteiger partial charge in [0.1, 0.15) is 5.82 Å². The number of carbonyl (C=O) groups is 2. The Hall–Kier alpha value is -4.18. The maximum absolute atomic E-state index is 14.1. The van der Waals surface area contributed by atoms with E-state index in [1.165, 1.54) is 11.3 Å². The fourth-order valence-corrected chi connectivity index (χ4v) is 6.23. The number of nitrogens with zero attached hydrogens (tertiary/aromatic N) is 7. The number of carbonyl (C=O) groups excluding carboxylic acids is 2. The summed E-state index contributed by atoms with van der Waals surface area (Å²) >= 11 is 0.